The molecule has 0 amide bonds. The number of rotatable bonds is 3. The van der Waals surface area contributed by atoms with E-state index in [1.807, 2.05) is 0 Å². The molecule has 4 heteroatoms. The fraction of sp³-hybridized carbons (Fsp3) is 0.455. The van der Waals surface area contributed by atoms with Crippen LogP contribution < -0.4 is 10.1 Å². The van der Waals surface area contributed by atoms with Gasteiger partial charge in [0, 0.05) is 18.5 Å². The van der Waals surface area contributed by atoms with Gasteiger partial charge in [-0.1, -0.05) is 0 Å². The predicted molar refractivity (Wildman–Crippen MR) is 52.8 cm³/mol. The zero-order valence-corrected chi connectivity index (χ0v) is 8.30. The largest absolute Gasteiger partial charge is 0.493 e. The van der Waals surface area contributed by atoms with Crippen molar-refractivity contribution in [2.75, 3.05) is 19.7 Å². The van der Waals surface area contributed by atoms with Crippen LogP contribution in [0.4, 0.5) is 8.78 Å². The van der Waals surface area contributed by atoms with E-state index in [0.717, 1.165) is 31.6 Å². The summed E-state index contributed by atoms with van der Waals surface area (Å²) in [7, 11) is 0. The Balaban J connectivity index is 1.90. The second-order valence-electron chi connectivity index (χ2n) is 3.75. The highest BCUT2D eigenvalue weighted by molar-refractivity contribution is 5.23. The quantitative estimate of drug-likeness (QED) is 0.828. The van der Waals surface area contributed by atoms with Gasteiger partial charge in [0.25, 0.3) is 0 Å². The fourth-order valence-electron chi connectivity index (χ4n) is 1.64. The van der Waals surface area contributed by atoms with Crippen LogP contribution in [0.2, 0.25) is 0 Å². The molecule has 1 N–H and O–H groups in total. The molecule has 0 spiro atoms. The van der Waals surface area contributed by atoms with Crippen molar-refractivity contribution < 1.29 is 13.5 Å². The molecule has 1 atom stereocenters. The first kappa shape index (κ1) is 10.4. The van der Waals surface area contributed by atoms with Crippen LogP contribution in [0.25, 0.3) is 0 Å². The number of ether oxygens (including phenoxy) is 1. The lowest BCUT2D eigenvalue weighted by Gasteiger charge is -2.10. The minimum atomic E-state index is -0.864. The average Bonchev–Trinajstić information content (AvgIpc) is 2.73. The van der Waals surface area contributed by atoms with Crippen LogP contribution >= 0.6 is 0 Å². The second kappa shape index (κ2) is 4.57. The zero-order valence-electron chi connectivity index (χ0n) is 8.30. The van der Waals surface area contributed by atoms with Gasteiger partial charge >= 0.3 is 0 Å². The third-order valence-electron chi connectivity index (χ3n) is 2.54. The lowest BCUT2D eigenvalue weighted by atomic mass is 10.1. The molecule has 1 aromatic rings. The van der Waals surface area contributed by atoms with Gasteiger partial charge in [-0.05, 0) is 25.1 Å². The Labute approximate surface area is 87.2 Å². The summed E-state index contributed by atoms with van der Waals surface area (Å²) in [6.45, 7) is 2.49. The van der Waals surface area contributed by atoms with Crippen molar-refractivity contribution in [2.45, 2.75) is 6.42 Å². The Morgan fingerprint density at radius 1 is 1.33 bits per heavy atom. The van der Waals surface area contributed by atoms with Crippen molar-refractivity contribution in [2.24, 2.45) is 5.92 Å². The summed E-state index contributed by atoms with van der Waals surface area (Å²) in [5.74, 6) is -0.846. The van der Waals surface area contributed by atoms with E-state index in [-0.39, 0.29) is 0 Å². The summed E-state index contributed by atoms with van der Waals surface area (Å²) < 4.78 is 30.8. The summed E-state index contributed by atoms with van der Waals surface area (Å²) in [4.78, 5) is 0. The van der Waals surface area contributed by atoms with Gasteiger partial charge in [0.1, 0.15) is 5.75 Å². The lowest BCUT2D eigenvalue weighted by molar-refractivity contribution is 0.258. The first-order chi connectivity index (χ1) is 7.25. The van der Waals surface area contributed by atoms with Crippen molar-refractivity contribution in [1.29, 1.82) is 0 Å². The molecule has 0 aromatic heterocycles. The van der Waals surface area contributed by atoms with Crippen LogP contribution in [-0.2, 0) is 0 Å². The van der Waals surface area contributed by atoms with Gasteiger partial charge < -0.3 is 10.1 Å². The molecule has 2 nitrogen and oxygen atoms in total. The normalized spacial score (nSPS) is 20.5. The van der Waals surface area contributed by atoms with E-state index in [0.29, 0.717) is 18.3 Å². The molecule has 0 radical (unpaired) electrons. The molecule has 1 fully saturated rings. The smallest absolute Gasteiger partial charge is 0.162 e. The number of halogens is 2. The van der Waals surface area contributed by atoms with Crippen LogP contribution in [0.3, 0.4) is 0 Å². The average molecular weight is 213 g/mol. The third kappa shape index (κ3) is 2.65. The van der Waals surface area contributed by atoms with E-state index < -0.39 is 11.6 Å². The number of hydrogen-bond donors (Lipinski definition) is 1. The van der Waals surface area contributed by atoms with E-state index in [1.165, 1.54) is 6.07 Å². The molecule has 0 bridgehead atoms. The van der Waals surface area contributed by atoms with E-state index >= 15 is 0 Å². The van der Waals surface area contributed by atoms with Crippen molar-refractivity contribution in [3.8, 4) is 5.75 Å². The fourth-order valence-corrected chi connectivity index (χ4v) is 1.64. The molecule has 15 heavy (non-hydrogen) atoms. The lowest BCUT2D eigenvalue weighted by Crippen LogP contribution is -2.15. The summed E-state index contributed by atoms with van der Waals surface area (Å²) in [5.41, 5.74) is 0. The Bertz CT molecular complexity index is 337. The predicted octanol–water partition coefficient (Wildman–Crippen LogP) is 1.95. The molecule has 0 aliphatic carbocycles. The van der Waals surface area contributed by atoms with Gasteiger partial charge in [0.15, 0.2) is 11.6 Å². The van der Waals surface area contributed by atoms with E-state index in [9.17, 15) is 8.78 Å². The highest BCUT2D eigenvalue weighted by Gasteiger charge is 2.15. The SMILES string of the molecule is Fc1ccc(OC[C@H]2CCNC2)cc1F. The van der Waals surface area contributed by atoms with Crippen LogP contribution in [0.5, 0.6) is 5.75 Å². The van der Waals surface area contributed by atoms with Gasteiger partial charge in [-0.25, -0.2) is 8.78 Å². The molecule has 2 rings (SSSR count). The monoisotopic (exact) mass is 213 g/mol. The van der Waals surface area contributed by atoms with Crippen molar-refractivity contribution in [3.63, 3.8) is 0 Å². The minimum Gasteiger partial charge on any atom is -0.493 e. The zero-order chi connectivity index (χ0) is 10.7. The van der Waals surface area contributed by atoms with Crippen molar-refractivity contribution >= 4 is 0 Å². The summed E-state index contributed by atoms with van der Waals surface area (Å²) in [5, 5.41) is 3.22. The third-order valence-corrected chi connectivity index (χ3v) is 2.54. The van der Waals surface area contributed by atoms with Gasteiger partial charge in [0.05, 0.1) is 6.61 Å². The van der Waals surface area contributed by atoms with Crippen molar-refractivity contribution in [1.82, 2.24) is 5.32 Å². The summed E-state index contributed by atoms with van der Waals surface area (Å²) in [6, 6.07) is 3.61. The molecular formula is C11H13F2NO. The second-order valence-corrected chi connectivity index (χ2v) is 3.75. The molecular weight excluding hydrogens is 200 g/mol. The van der Waals surface area contributed by atoms with Crippen LogP contribution in [0.1, 0.15) is 6.42 Å². The Morgan fingerprint density at radius 2 is 2.20 bits per heavy atom. The molecule has 1 aromatic carbocycles. The van der Waals surface area contributed by atoms with Crippen LogP contribution in [0, 0.1) is 17.6 Å². The first-order valence-electron chi connectivity index (χ1n) is 5.04. The first-order valence-corrected chi connectivity index (χ1v) is 5.04. The molecule has 1 aliphatic heterocycles. The van der Waals surface area contributed by atoms with Crippen LogP contribution in [0.15, 0.2) is 18.2 Å². The summed E-state index contributed by atoms with van der Waals surface area (Å²) >= 11 is 0. The Morgan fingerprint density at radius 3 is 2.87 bits per heavy atom. The van der Waals surface area contributed by atoms with Gasteiger partial charge in [-0.15, -0.1) is 0 Å². The van der Waals surface area contributed by atoms with E-state index in [1.54, 1.807) is 0 Å². The number of benzene rings is 1. The Hall–Kier alpha value is -1.16. The van der Waals surface area contributed by atoms with Crippen LogP contribution in [-0.4, -0.2) is 19.7 Å². The van der Waals surface area contributed by atoms with Crippen molar-refractivity contribution in [3.05, 3.63) is 29.8 Å². The van der Waals surface area contributed by atoms with E-state index in [2.05, 4.69) is 5.32 Å². The molecule has 0 saturated carbocycles. The van der Waals surface area contributed by atoms with E-state index in [4.69, 9.17) is 4.74 Å². The summed E-state index contributed by atoms with van der Waals surface area (Å²) in [6.07, 6.45) is 1.07. The molecule has 1 heterocycles. The maximum atomic E-state index is 12.8. The molecule has 82 valence electrons. The number of hydrogen-bond acceptors (Lipinski definition) is 2. The Kier molecular flexibility index (Phi) is 3.16. The van der Waals surface area contributed by atoms with Gasteiger partial charge in [-0.2, -0.15) is 0 Å². The van der Waals surface area contributed by atoms with Gasteiger partial charge in [0.2, 0.25) is 0 Å². The molecule has 0 unspecified atom stereocenters. The molecule has 1 aliphatic rings. The topological polar surface area (TPSA) is 21.3 Å². The molecule has 1 saturated heterocycles. The minimum absolute atomic E-state index is 0.390. The van der Waals surface area contributed by atoms with Gasteiger partial charge in [-0.3, -0.25) is 0 Å². The maximum Gasteiger partial charge on any atom is 0.162 e. The highest BCUT2D eigenvalue weighted by Crippen LogP contribution is 2.17. The standard InChI is InChI=1S/C11H13F2NO/c12-10-2-1-9(5-11(10)13)15-7-8-3-4-14-6-8/h1-2,5,8,14H,3-4,6-7H2/t8-/m0/s1. The highest BCUT2D eigenvalue weighted by atomic mass is 19.2. The maximum absolute atomic E-state index is 12.8. The number of nitrogens with one attached hydrogen (secondary N) is 1.